The monoisotopic (exact) mass is 246 g/mol. The zero-order valence-corrected chi connectivity index (χ0v) is 9.85. The fourth-order valence-corrected chi connectivity index (χ4v) is 1.54. The molecule has 0 fully saturated rings. The van der Waals surface area contributed by atoms with E-state index in [0.717, 1.165) is 5.56 Å². The molecule has 1 aromatic rings. The molecule has 0 saturated heterocycles. The van der Waals surface area contributed by atoms with Crippen LogP contribution in [0.5, 0.6) is 0 Å². The number of aryl methyl sites for hydroxylation is 1. The van der Waals surface area contributed by atoms with E-state index in [1.165, 1.54) is 4.90 Å². The molecule has 82 valence electrons. The van der Waals surface area contributed by atoms with Gasteiger partial charge in [-0.05, 0) is 24.6 Å². The summed E-state index contributed by atoms with van der Waals surface area (Å²) >= 11 is 11.5. The summed E-state index contributed by atoms with van der Waals surface area (Å²) in [4.78, 5) is 12.5. The third-order valence-electron chi connectivity index (χ3n) is 2.04. The van der Waals surface area contributed by atoms with E-state index in [9.17, 15) is 4.79 Å². The largest absolute Gasteiger partial charge is 0.351 e. The molecule has 0 radical (unpaired) electrons. The van der Waals surface area contributed by atoms with Crippen LogP contribution in [0.4, 0.5) is 10.5 Å². The Balaban J connectivity index is 3.01. The second-order valence-corrected chi connectivity index (χ2v) is 3.90. The Morgan fingerprint density at radius 2 is 2.20 bits per heavy atom. The number of alkyl halides is 1. The summed E-state index contributed by atoms with van der Waals surface area (Å²) in [6.07, 6.45) is 0. The SMILES string of the molecule is Cc1ccc(N(CCCl)C(N)=O)cc1Cl. The molecule has 0 saturated carbocycles. The van der Waals surface area contributed by atoms with E-state index in [1.807, 2.05) is 13.0 Å². The number of carbonyl (C=O) groups excluding carboxylic acids is 1. The van der Waals surface area contributed by atoms with Gasteiger partial charge in [-0.2, -0.15) is 0 Å². The first kappa shape index (κ1) is 12.1. The van der Waals surface area contributed by atoms with Crippen LogP contribution in [0.1, 0.15) is 5.56 Å². The lowest BCUT2D eigenvalue weighted by atomic mass is 10.2. The van der Waals surface area contributed by atoms with Crippen molar-refractivity contribution in [3.8, 4) is 0 Å². The summed E-state index contributed by atoms with van der Waals surface area (Å²) in [6, 6.07) is 4.80. The first-order valence-corrected chi connectivity index (χ1v) is 5.36. The molecule has 5 heteroatoms. The minimum absolute atomic E-state index is 0.328. The second kappa shape index (κ2) is 5.24. The number of anilines is 1. The van der Waals surface area contributed by atoms with Crippen LogP contribution in [0.2, 0.25) is 5.02 Å². The lowest BCUT2D eigenvalue weighted by molar-refractivity contribution is 0.254. The van der Waals surface area contributed by atoms with Crippen molar-refractivity contribution in [3.05, 3.63) is 28.8 Å². The van der Waals surface area contributed by atoms with Crippen LogP contribution < -0.4 is 10.6 Å². The van der Waals surface area contributed by atoms with Crippen molar-refractivity contribution in [1.82, 2.24) is 0 Å². The van der Waals surface area contributed by atoms with Crippen molar-refractivity contribution < 1.29 is 4.79 Å². The number of primary amides is 1. The molecule has 3 nitrogen and oxygen atoms in total. The number of benzene rings is 1. The lowest BCUT2D eigenvalue weighted by Gasteiger charge is -2.19. The minimum Gasteiger partial charge on any atom is -0.351 e. The minimum atomic E-state index is -0.532. The van der Waals surface area contributed by atoms with Gasteiger partial charge in [-0.3, -0.25) is 4.90 Å². The topological polar surface area (TPSA) is 46.3 Å². The van der Waals surface area contributed by atoms with Gasteiger partial charge in [0, 0.05) is 23.1 Å². The number of urea groups is 1. The fraction of sp³-hybridized carbons (Fsp3) is 0.300. The average Bonchev–Trinajstić information content (AvgIpc) is 2.18. The first-order chi connectivity index (χ1) is 7.06. The molecule has 0 heterocycles. The van der Waals surface area contributed by atoms with E-state index in [2.05, 4.69) is 0 Å². The van der Waals surface area contributed by atoms with E-state index >= 15 is 0 Å². The van der Waals surface area contributed by atoms with Crippen molar-refractivity contribution >= 4 is 34.9 Å². The lowest BCUT2D eigenvalue weighted by Crippen LogP contribution is -2.37. The molecule has 0 aliphatic heterocycles. The molecule has 2 amide bonds. The normalized spacial score (nSPS) is 10.1. The molecular weight excluding hydrogens is 235 g/mol. The molecule has 2 N–H and O–H groups in total. The van der Waals surface area contributed by atoms with Crippen LogP contribution >= 0.6 is 23.2 Å². The van der Waals surface area contributed by atoms with Gasteiger partial charge in [0.05, 0.1) is 0 Å². The zero-order chi connectivity index (χ0) is 11.4. The molecule has 1 rings (SSSR count). The number of nitrogens with zero attached hydrogens (tertiary/aromatic N) is 1. The predicted molar refractivity (Wildman–Crippen MR) is 63.8 cm³/mol. The van der Waals surface area contributed by atoms with Gasteiger partial charge >= 0.3 is 6.03 Å². The summed E-state index contributed by atoms with van der Waals surface area (Å²) in [5, 5.41) is 0.605. The number of hydrogen-bond donors (Lipinski definition) is 1. The van der Waals surface area contributed by atoms with E-state index in [4.69, 9.17) is 28.9 Å². The number of halogens is 2. The zero-order valence-electron chi connectivity index (χ0n) is 8.34. The number of hydrogen-bond acceptors (Lipinski definition) is 1. The molecule has 0 bridgehead atoms. The van der Waals surface area contributed by atoms with E-state index in [1.54, 1.807) is 12.1 Å². The highest BCUT2D eigenvalue weighted by molar-refractivity contribution is 6.31. The van der Waals surface area contributed by atoms with Crippen LogP contribution in [-0.2, 0) is 0 Å². The number of carbonyl (C=O) groups is 1. The summed E-state index contributed by atoms with van der Waals surface area (Å²) in [5.74, 6) is 0.328. The Bertz CT molecular complexity index is 368. The summed E-state index contributed by atoms with van der Waals surface area (Å²) in [5.41, 5.74) is 6.85. The van der Waals surface area contributed by atoms with Gasteiger partial charge in [0.1, 0.15) is 0 Å². The van der Waals surface area contributed by atoms with Crippen LogP contribution in [-0.4, -0.2) is 18.5 Å². The van der Waals surface area contributed by atoms with Crippen LogP contribution in [0.15, 0.2) is 18.2 Å². The Kier molecular flexibility index (Phi) is 4.24. The van der Waals surface area contributed by atoms with Crippen molar-refractivity contribution in [3.63, 3.8) is 0 Å². The Morgan fingerprint density at radius 3 is 2.67 bits per heavy atom. The quantitative estimate of drug-likeness (QED) is 0.820. The van der Waals surface area contributed by atoms with Crippen LogP contribution in [0.25, 0.3) is 0 Å². The maximum atomic E-state index is 11.1. The van der Waals surface area contributed by atoms with Crippen LogP contribution in [0.3, 0.4) is 0 Å². The highest BCUT2D eigenvalue weighted by Gasteiger charge is 2.12. The van der Waals surface area contributed by atoms with Gasteiger partial charge in [-0.25, -0.2) is 4.79 Å². The number of rotatable bonds is 3. The maximum Gasteiger partial charge on any atom is 0.319 e. The highest BCUT2D eigenvalue weighted by atomic mass is 35.5. The van der Waals surface area contributed by atoms with Crippen molar-refractivity contribution in [2.45, 2.75) is 6.92 Å². The van der Waals surface area contributed by atoms with Gasteiger partial charge in [-0.1, -0.05) is 17.7 Å². The van der Waals surface area contributed by atoms with Crippen LogP contribution in [0, 0.1) is 6.92 Å². The standard InChI is InChI=1S/C10H12Cl2N2O/c1-7-2-3-8(6-9(7)12)14(5-4-11)10(13)15/h2-3,6H,4-5H2,1H3,(H2,13,15). The third kappa shape index (κ3) is 3.01. The Labute approximate surface area is 98.8 Å². The van der Waals surface area contributed by atoms with Crippen molar-refractivity contribution in [2.75, 3.05) is 17.3 Å². The molecule has 0 aliphatic carbocycles. The van der Waals surface area contributed by atoms with Gasteiger partial charge < -0.3 is 5.73 Å². The van der Waals surface area contributed by atoms with E-state index in [-0.39, 0.29) is 0 Å². The average molecular weight is 247 g/mol. The molecule has 15 heavy (non-hydrogen) atoms. The molecular formula is C10H12Cl2N2O. The molecule has 0 spiro atoms. The van der Waals surface area contributed by atoms with Gasteiger partial charge in [0.2, 0.25) is 0 Å². The Morgan fingerprint density at radius 1 is 1.53 bits per heavy atom. The van der Waals surface area contributed by atoms with Gasteiger partial charge in [0.15, 0.2) is 0 Å². The van der Waals surface area contributed by atoms with E-state index < -0.39 is 6.03 Å². The number of amides is 2. The molecule has 0 atom stereocenters. The first-order valence-electron chi connectivity index (χ1n) is 4.45. The van der Waals surface area contributed by atoms with E-state index in [0.29, 0.717) is 23.1 Å². The second-order valence-electron chi connectivity index (χ2n) is 3.11. The molecule has 0 unspecified atom stereocenters. The summed E-state index contributed by atoms with van der Waals surface area (Å²) < 4.78 is 0. The highest BCUT2D eigenvalue weighted by Crippen LogP contribution is 2.22. The Hall–Kier alpha value is -0.930. The maximum absolute atomic E-state index is 11.1. The summed E-state index contributed by atoms with van der Waals surface area (Å²) in [6.45, 7) is 2.26. The smallest absolute Gasteiger partial charge is 0.319 e. The molecule has 0 aromatic heterocycles. The van der Waals surface area contributed by atoms with Gasteiger partial charge in [-0.15, -0.1) is 11.6 Å². The molecule has 0 aliphatic rings. The molecule has 1 aromatic carbocycles. The van der Waals surface area contributed by atoms with Crippen molar-refractivity contribution in [2.24, 2.45) is 5.73 Å². The fourth-order valence-electron chi connectivity index (χ4n) is 1.20. The van der Waals surface area contributed by atoms with Crippen molar-refractivity contribution in [1.29, 1.82) is 0 Å². The summed E-state index contributed by atoms with van der Waals surface area (Å²) in [7, 11) is 0. The predicted octanol–water partition coefficient (Wildman–Crippen LogP) is 2.77. The number of nitrogens with two attached hydrogens (primary N) is 1. The van der Waals surface area contributed by atoms with Gasteiger partial charge in [0.25, 0.3) is 0 Å². The third-order valence-corrected chi connectivity index (χ3v) is 2.62.